The molecule has 0 bridgehead atoms. The van der Waals surface area contributed by atoms with Crippen LogP contribution in [-0.4, -0.2) is 33.3 Å². The van der Waals surface area contributed by atoms with Gasteiger partial charge in [-0.3, -0.25) is 14.6 Å². The molecule has 4 aromatic rings. The number of carbonyl (C=O) groups excluding carboxylic acids is 2. The normalized spacial score (nSPS) is 16.2. The standard InChI is InChI=1S/C33H30N2O5/c1-3-39-27-14-10-24(11-15-27)30-29(32(37)33(38)35(30)20-23-8-6-18-34-19-23)31(36)25-12-16-28(17-13-25)40-21-26-9-5-4-7-22(26)2/h4-19,30,36H,3,20-21H2,1-2H3. The number of aryl methyl sites for hydroxylation is 1. The van der Waals surface area contributed by atoms with Crippen molar-refractivity contribution in [2.75, 3.05) is 6.61 Å². The first-order valence-corrected chi connectivity index (χ1v) is 13.1. The number of rotatable bonds is 9. The van der Waals surface area contributed by atoms with Gasteiger partial charge in [0, 0.05) is 24.5 Å². The predicted molar refractivity (Wildman–Crippen MR) is 152 cm³/mol. The lowest BCUT2D eigenvalue weighted by atomic mass is 9.95. The number of likely N-dealkylation sites (tertiary alicyclic amines) is 1. The summed E-state index contributed by atoms with van der Waals surface area (Å²) >= 11 is 0. The lowest BCUT2D eigenvalue weighted by Gasteiger charge is -2.25. The lowest BCUT2D eigenvalue weighted by Crippen LogP contribution is -2.29. The average Bonchev–Trinajstić information content (AvgIpc) is 3.23. The monoisotopic (exact) mass is 534 g/mol. The van der Waals surface area contributed by atoms with Crippen LogP contribution in [0.25, 0.3) is 5.76 Å². The van der Waals surface area contributed by atoms with Crippen LogP contribution in [0.2, 0.25) is 0 Å². The molecule has 1 fully saturated rings. The summed E-state index contributed by atoms with van der Waals surface area (Å²) in [7, 11) is 0. The molecule has 1 aliphatic heterocycles. The Hall–Kier alpha value is -4.91. The van der Waals surface area contributed by atoms with Crippen LogP contribution in [-0.2, 0) is 22.7 Å². The van der Waals surface area contributed by atoms with E-state index in [1.807, 2.05) is 56.3 Å². The molecule has 7 nitrogen and oxygen atoms in total. The molecular weight excluding hydrogens is 504 g/mol. The number of aliphatic hydroxyl groups excluding tert-OH is 1. The Morgan fingerprint density at radius 1 is 0.900 bits per heavy atom. The van der Waals surface area contributed by atoms with Crippen LogP contribution >= 0.6 is 0 Å². The van der Waals surface area contributed by atoms with Gasteiger partial charge in [-0.1, -0.05) is 42.5 Å². The number of hydrogen-bond donors (Lipinski definition) is 1. The number of ether oxygens (including phenoxy) is 2. The Balaban J connectivity index is 1.47. The Labute approximate surface area is 233 Å². The highest BCUT2D eigenvalue weighted by Gasteiger charge is 2.46. The average molecular weight is 535 g/mol. The van der Waals surface area contributed by atoms with Gasteiger partial charge in [0.05, 0.1) is 18.2 Å². The van der Waals surface area contributed by atoms with Gasteiger partial charge < -0.3 is 19.5 Å². The van der Waals surface area contributed by atoms with E-state index in [0.717, 1.165) is 16.7 Å². The Bertz CT molecular complexity index is 1530. The van der Waals surface area contributed by atoms with Crippen LogP contribution in [0.15, 0.2) is 103 Å². The molecule has 3 aromatic carbocycles. The second kappa shape index (κ2) is 11.9. The molecule has 0 aliphatic carbocycles. The van der Waals surface area contributed by atoms with E-state index in [-0.39, 0.29) is 17.9 Å². The second-order valence-electron chi connectivity index (χ2n) is 9.53. The first kappa shape index (κ1) is 26.7. The first-order valence-electron chi connectivity index (χ1n) is 13.1. The number of aliphatic hydroxyl groups is 1. The molecule has 1 aromatic heterocycles. The van der Waals surface area contributed by atoms with E-state index >= 15 is 0 Å². The van der Waals surface area contributed by atoms with Crippen LogP contribution in [0.1, 0.15) is 40.8 Å². The maximum atomic E-state index is 13.4. The zero-order valence-electron chi connectivity index (χ0n) is 22.4. The molecule has 1 unspecified atom stereocenters. The number of pyridine rings is 1. The highest BCUT2D eigenvalue weighted by molar-refractivity contribution is 6.46. The zero-order valence-corrected chi connectivity index (χ0v) is 22.4. The van der Waals surface area contributed by atoms with Crippen molar-refractivity contribution in [3.8, 4) is 11.5 Å². The second-order valence-corrected chi connectivity index (χ2v) is 9.53. The molecule has 40 heavy (non-hydrogen) atoms. The summed E-state index contributed by atoms with van der Waals surface area (Å²) in [5.74, 6) is -0.351. The Morgan fingerprint density at radius 3 is 2.27 bits per heavy atom. The SMILES string of the molecule is CCOc1ccc(C2C(=C(O)c3ccc(OCc4ccccc4C)cc3)C(=O)C(=O)N2Cc2cccnc2)cc1. The molecule has 0 saturated carbocycles. The molecule has 7 heteroatoms. The minimum atomic E-state index is -0.784. The van der Waals surface area contributed by atoms with Gasteiger partial charge in [-0.15, -0.1) is 0 Å². The van der Waals surface area contributed by atoms with Gasteiger partial charge in [-0.25, -0.2) is 0 Å². The maximum absolute atomic E-state index is 13.4. The van der Waals surface area contributed by atoms with Crippen LogP contribution in [0.3, 0.4) is 0 Å². The van der Waals surface area contributed by atoms with E-state index in [0.29, 0.717) is 35.8 Å². The predicted octanol–water partition coefficient (Wildman–Crippen LogP) is 5.99. The van der Waals surface area contributed by atoms with Crippen LogP contribution in [0.4, 0.5) is 0 Å². The summed E-state index contributed by atoms with van der Waals surface area (Å²) < 4.78 is 11.5. The molecule has 202 valence electrons. The molecular formula is C33H30N2O5. The zero-order chi connectivity index (χ0) is 28.1. The van der Waals surface area contributed by atoms with Gasteiger partial charge >= 0.3 is 0 Å². The van der Waals surface area contributed by atoms with Gasteiger partial charge in [0.1, 0.15) is 23.9 Å². The first-order chi connectivity index (χ1) is 19.5. The van der Waals surface area contributed by atoms with Gasteiger partial charge in [0.2, 0.25) is 0 Å². The number of hydrogen-bond acceptors (Lipinski definition) is 6. The van der Waals surface area contributed by atoms with Crippen LogP contribution in [0.5, 0.6) is 11.5 Å². The fourth-order valence-corrected chi connectivity index (χ4v) is 4.79. The summed E-state index contributed by atoms with van der Waals surface area (Å²) in [4.78, 5) is 32.2. The quantitative estimate of drug-likeness (QED) is 0.161. The van der Waals surface area contributed by atoms with Crippen LogP contribution in [0, 0.1) is 6.92 Å². The van der Waals surface area contributed by atoms with E-state index < -0.39 is 17.7 Å². The summed E-state index contributed by atoms with van der Waals surface area (Å²) in [6.45, 7) is 5.03. The van der Waals surface area contributed by atoms with Crippen molar-refractivity contribution in [3.05, 3.63) is 131 Å². The van der Waals surface area contributed by atoms with Gasteiger partial charge in [0.15, 0.2) is 0 Å². The summed E-state index contributed by atoms with van der Waals surface area (Å²) in [6, 6.07) is 24.9. The van der Waals surface area contributed by atoms with Crippen molar-refractivity contribution in [3.63, 3.8) is 0 Å². The number of amides is 1. The molecule has 2 heterocycles. The molecule has 1 aliphatic rings. The van der Waals surface area contributed by atoms with Gasteiger partial charge in [0.25, 0.3) is 11.7 Å². The summed E-state index contributed by atoms with van der Waals surface area (Å²) in [5, 5.41) is 11.4. The highest BCUT2D eigenvalue weighted by Crippen LogP contribution is 2.40. The number of ketones is 1. The molecule has 1 N–H and O–H groups in total. The van der Waals surface area contributed by atoms with Crippen molar-refractivity contribution in [1.82, 2.24) is 9.88 Å². The van der Waals surface area contributed by atoms with Gasteiger partial charge in [-0.05, 0) is 78.6 Å². The third-order valence-corrected chi connectivity index (χ3v) is 6.91. The van der Waals surface area contributed by atoms with Crippen molar-refractivity contribution in [1.29, 1.82) is 0 Å². The molecule has 1 amide bonds. The van der Waals surface area contributed by atoms with E-state index in [9.17, 15) is 14.7 Å². The summed E-state index contributed by atoms with van der Waals surface area (Å²) in [5.41, 5.74) is 4.13. The fourth-order valence-electron chi connectivity index (χ4n) is 4.79. The Kier molecular flexibility index (Phi) is 7.92. The van der Waals surface area contributed by atoms with Crippen molar-refractivity contribution in [2.45, 2.75) is 33.0 Å². The number of Topliss-reactive ketones (excluding diaryl/α,β-unsaturated/α-hetero) is 1. The molecule has 0 spiro atoms. The minimum absolute atomic E-state index is 0.0339. The third kappa shape index (κ3) is 5.59. The van der Waals surface area contributed by atoms with Crippen molar-refractivity contribution in [2.24, 2.45) is 0 Å². The maximum Gasteiger partial charge on any atom is 0.295 e. The fraction of sp³-hybridized carbons (Fsp3) is 0.182. The van der Waals surface area contributed by atoms with Crippen molar-refractivity contribution >= 4 is 17.4 Å². The highest BCUT2D eigenvalue weighted by atomic mass is 16.5. The minimum Gasteiger partial charge on any atom is -0.507 e. The third-order valence-electron chi connectivity index (χ3n) is 6.91. The van der Waals surface area contributed by atoms with Gasteiger partial charge in [-0.2, -0.15) is 0 Å². The largest absolute Gasteiger partial charge is 0.507 e. The van der Waals surface area contributed by atoms with E-state index in [1.54, 1.807) is 54.9 Å². The molecule has 0 radical (unpaired) electrons. The number of nitrogens with zero attached hydrogens (tertiary/aromatic N) is 2. The smallest absolute Gasteiger partial charge is 0.295 e. The Morgan fingerprint density at radius 2 is 1.60 bits per heavy atom. The number of aromatic nitrogens is 1. The number of carbonyl (C=O) groups is 2. The van der Waals surface area contributed by atoms with E-state index in [1.165, 1.54) is 4.90 Å². The van der Waals surface area contributed by atoms with Crippen LogP contribution < -0.4 is 9.47 Å². The van der Waals surface area contributed by atoms with E-state index in [4.69, 9.17) is 9.47 Å². The molecule has 1 atom stereocenters. The molecule has 5 rings (SSSR count). The van der Waals surface area contributed by atoms with E-state index in [2.05, 4.69) is 4.98 Å². The lowest BCUT2D eigenvalue weighted by molar-refractivity contribution is -0.140. The van der Waals surface area contributed by atoms with Crippen molar-refractivity contribution < 1.29 is 24.2 Å². The number of benzene rings is 3. The molecule has 1 saturated heterocycles. The summed E-state index contributed by atoms with van der Waals surface area (Å²) in [6.07, 6.45) is 3.31. The topological polar surface area (TPSA) is 89.0 Å².